The summed E-state index contributed by atoms with van der Waals surface area (Å²) in [6.07, 6.45) is 3.54. The van der Waals surface area contributed by atoms with E-state index >= 15 is 0 Å². The molecule has 5 heteroatoms. The minimum atomic E-state index is -1.26. The lowest BCUT2D eigenvalue weighted by atomic mass is 9.98. The van der Waals surface area contributed by atoms with Gasteiger partial charge in [0.2, 0.25) is 0 Å². The number of benzene rings is 2. The molecule has 1 saturated carbocycles. The van der Waals surface area contributed by atoms with Crippen LogP contribution >= 0.6 is 22.6 Å². The Morgan fingerprint density at radius 2 is 1.64 bits per heavy atom. The van der Waals surface area contributed by atoms with Crippen LogP contribution in [0.1, 0.15) is 48.0 Å². The number of ether oxygens (including phenoxy) is 2. The van der Waals surface area contributed by atoms with Gasteiger partial charge in [0.15, 0.2) is 0 Å². The first kappa shape index (κ1) is 20.4. The normalized spacial score (nSPS) is 15.0. The van der Waals surface area contributed by atoms with E-state index < -0.39 is 18.0 Å². The second-order valence-electron chi connectivity index (χ2n) is 6.60. The zero-order chi connectivity index (χ0) is 19.8. The molecule has 0 aliphatic heterocycles. The van der Waals surface area contributed by atoms with E-state index in [4.69, 9.17) is 9.47 Å². The van der Waals surface area contributed by atoms with Crippen LogP contribution < -0.4 is 0 Å². The second-order valence-corrected chi connectivity index (χ2v) is 7.76. The summed E-state index contributed by atoms with van der Waals surface area (Å²) in [5, 5.41) is 0. The van der Waals surface area contributed by atoms with E-state index in [1.54, 1.807) is 12.1 Å². The third-order valence-corrected chi connectivity index (χ3v) is 5.43. The van der Waals surface area contributed by atoms with Crippen LogP contribution in [0.4, 0.5) is 0 Å². The Morgan fingerprint density at radius 3 is 2.36 bits per heavy atom. The lowest BCUT2D eigenvalue weighted by Gasteiger charge is -2.23. The number of halogens is 1. The summed E-state index contributed by atoms with van der Waals surface area (Å²) in [6.45, 7) is 0. The van der Waals surface area contributed by atoms with Crippen molar-refractivity contribution in [2.24, 2.45) is 0 Å². The fourth-order valence-corrected chi connectivity index (χ4v) is 3.62. The molecule has 144 valence electrons. The Morgan fingerprint density at radius 1 is 0.964 bits per heavy atom. The predicted molar refractivity (Wildman–Crippen MR) is 115 cm³/mol. The van der Waals surface area contributed by atoms with Gasteiger partial charge >= 0.3 is 11.9 Å². The smallest absolute Gasteiger partial charge is 0.360 e. The summed E-state index contributed by atoms with van der Waals surface area (Å²) in [5.41, 5.74) is 1.14. The van der Waals surface area contributed by atoms with Crippen LogP contribution in [0, 0.1) is 15.4 Å². The Labute approximate surface area is 178 Å². The van der Waals surface area contributed by atoms with Gasteiger partial charge in [-0.25, -0.2) is 9.59 Å². The Kier molecular flexibility index (Phi) is 7.49. The molecule has 0 bridgehead atoms. The molecule has 0 spiro atoms. The molecule has 1 unspecified atom stereocenters. The van der Waals surface area contributed by atoms with Crippen LogP contribution in [0.5, 0.6) is 0 Å². The van der Waals surface area contributed by atoms with Gasteiger partial charge in [0.25, 0.3) is 6.10 Å². The molecule has 0 amide bonds. The highest BCUT2D eigenvalue weighted by atomic mass is 127. The molecule has 0 radical (unpaired) electrons. The monoisotopic (exact) mass is 488 g/mol. The molecule has 1 aliphatic carbocycles. The lowest BCUT2D eigenvalue weighted by molar-refractivity contribution is -0.157. The Balaban J connectivity index is 1.77. The maximum absolute atomic E-state index is 12.7. The maximum Gasteiger partial charge on any atom is 0.360 e. The van der Waals surface area contributed by atoms with Crippen LogP contribution in [0.3, 0.4) is 0 Å². The fraction of sp³-hybridized carbons (Fsp3) is 0.304. The minimum absolute atomic E-state index is 0.127. The molecular formula is C23H21IO4. The molecule has 28 heavy (non-hydrogen) atoms. The number of hydrogen-bond donors (Lipinski definition) is 0. The third kappa shape index (κ3) is 5.83. The minimum Gasteiger partial charge on any atom is -0.459 e. The van der Waals surface area contributed by atoms with Crippen molar-refractivity contribution in [3.63, 3.8) is 0 Å². The van der Waals surface area contributed by atoms with Gasteiger partial charge in [0, 0.05) is 9.13 Å². The fourth-order valence-electron chi connectivity index (χ4n) is 3.01. The molecule has 4 nitrogen and oxygen atoms in total. The molecule has 1 aliphatic rings. The van der Waals surface area contributed by atoms with Crippen molar-refractivity contribution in [3.8, 4) is 11.8 Å². The molecule has 0 saturated heterocycles. The van der Waals surface area contributed by atoms with E-state index in [0.717, 1.165) is 41.2 Å². The van der Waals surface area contributed by atoms with Gasteiger partial charge in [-0.15, -0.1) is 0 Å². The van der Waals surface area contributed by atoms with E-state index in [2.05, 4.69) is 34.4 Å². The van der Waals surface area contributed by atoms with Crippen LogP contribution in [0.2, 0.25) is 0 Å². The summed E-state index contributed by atoms with van der Waals surface area (Å²) >= 11 is 2.06. The standard InChI is InChI=1S/C23H21IO4/c24-20-14-8-7-13-19(20)22(25)28-21(16-15-17-9-3-1-4-10-17)23(26)27-18-11-5-2-6-12-18/h1,3-4,7-10,13-14,18,21H,2,5-6,11-12H2. The zero-order valence-electron chi connectivity index (χ0n) is 15.4. The summed E-state index contributed by atoms with van der Waals surface area (Å²) in [5.74, 6) is 4.49. The van der Waals surface area contributed by atoms with Crippen LogP contribution in [0.15, 0.2) is 54.6 Å². The van der Waals surface area contributed by atoms with Crippen molar-refractivity contribution in [2.75, 3.05) is 0 Å². The van der Waals surface area contributed by atoms with Gasteiger partial charge in [-0.2, -0.15) is 0 Å². The van der Waals surface area contributed by atoms with E-state index in [0.29, 0.717) is 5.56 Å². The number of hydrogen-bond acceptors (Lipinski definition) is 4. The van der Waals surface area contributed by atoms with Crippen molar-refractivity contribution in [2.45, 2.75) is 44.3 Å². The summed E-state index contributed by atoms with van der Waals surface area (Å²) in [6, 6.07) is 16.3. The van der Waals surface area contributed by atoms with E-state index in [1.165, 1.54) is 0 Å². The van der Waals surface area contributed by atoms with Crippen LogP contribution in [-0.4, -0.2) is 24.1 Å². The molecule has 2 aromatic rings. The SMILES string of the molecule is O=C(OC(C#Cc1ccccc1)C(=O)OC1CCCCC1)c1ccccc1I. The van der Waals surface area contributed by atoms with Crippen molar-refractivity contribution in [1.29, 1.82) is 0 Å². The molecule has 1 atom stereocenters. The van der Waals surface area contributed by atoms with Crippen molar-refractivity contribution >= 4 is 34.5 Å². The first-order chi connectivity index (χ1) is 13.6. The molecule has 0 heterocycles. The van der Waals surface area contributed by atoms with Gasteiger partial charge < -0.3 is 9.47 Å². The first-order valence-corrected chi connectivity index (χ1v) is 10.4. The lowest BCUT2D eigenvalue weighted by Crippen LogP contribution is -2.32. The quantitative estimate of drug-likeness (QED) is 0.355. The van der Waals surface area contributed by atoms with Crippen LogP contribution in [0.25, 0.3) is 0 Å². The number of carbonyl (C=O) groups is 2. The molecule has 0 aromatic heterocycles. The summed E-state index contributed by atoms with van der Waals surface area (Å²) in [7, 11) is 0. The Bertz CT molecular complexity index is 876. The van der Waals surface area contributed by atoms with Gasteiger partial charge in [-0.1, -0.05) is 42.7 Å². The average molecular weight is 488 g/mol. The van der Waals surface area contributed by atoms with Crippen LogP contribution in [-0.2, 0) is 14.3 Å². The van der Waals surface area contributed by atoms with E-state index in [9.17, 15) is 9.59 Å². The van der Waals surface area contributed by atoms with Crippen molar-refractivity contribution in [1.82, 2.24) is 0 Å². The molecular weight excluding hydrogens is 467 g/mol. The number of esters is 2. The molecule has 2 aromatic carbocycles. The number of carbonyl (C=O) groups excluding carboxylic acids is 2. The first-order valence-electron chi connectivity index (χ1n) is 9.36. The molecule has 1 fully saturated rings. The Hall–Kier alpha value is -2.33. The molecule has 3 rings (SSSR count). The highest BCUT2D eigenvalue weighted by Gasteiger charge is 2.27. The van der Waals surface area contributed by atoms with Gasteiger partial charge in [0.05, 0.1) is 5.56 Å². The van der Waals surface area contributed by atoms with Crippen molar-refractivity contribution < 1.29 is 19.1 Å². The summed E-state index contributed by atoms with van der Waals surface area (Å²) < 4.78 is 11.8. The highest BCUT2D eigenvalue weighted by molar-refractivity contribution is 14.1. The van der Waals surface area contributed by atoms with Gasteiger partial charge in [-0.3, -0.25) is 0 Å². The third-order valence-electron chi connectivity index (χ3n) is 4.49. The van der Waals surface area contributed by atoms with Crippen molar-refractivity contribution in [3.05, 3.63) is 69.3 Å². The largest absolute Gasteiger partial charge is 0.459 e. The van der Waals surface area contributed by atoms with Gasteiger partial charge in [0.1, 0.15) is 6.10 Å². The second kappa shape index (κ2) is 10.3. The molecule has 0 N–H and O–H groups in total. The zero-order valence-corrected chi connectivity index (χ0v) is 17.6. The summed E-state index contributed by atoms with van der Waals surface area (Å²) in [4.78, 5) is 25.3. The van der Waals surface area contributed by atoms with E-state index in [1.807, 2.05) is 42.5 Å². The van der Waals surface area contributed by atoms with Gasteiger partial charge in [-0.05, 0) is 78.5 Å². The predicted octanol–water partition coefficient (Wildman–Crippen LogP) is 4.74. The number of rotatable bonds is 4. The highest BCUT2D eigenvalue weighted by Crippen LogP contribution is 2.21. The van der Waals surface area contributed by atoms with E-state index in [-0.39, 0.29) is 6.10 Å². The topological polar surface area (TPSA) is 52.6 Å². The average Bonchev–Trinajstić information content (AvgIpc) is 2.72. The maximum atomic E-state index is 12.7.